The molecule has 0 bridgehead atoms. The molecule has 1 saturated carbocycles. The van der Waals surface area contributed by atoms with E-state index in [2.05, 4.69) is 30.7 Å². The van der Waals surface area contributed by atoms with E-state index >= 15 is 0 Å². The number of para-hydroxylation sites is 1. The highest BCUT2D eigenvalue weighted by atomic mass is 19.1. The summed E-state index contributed by atoms with van der Waals surface area (Å²) < 4.78 is 13.4. The molecule has 1 fully saturated rings. The minimum Gasteiger partial charge on any atom is -0.321 e. The van der Waals surface area contributed by atoms with E-state index < -0.39 is 6.67 Å². The molecule has 134 valence electrons. The fourth-order valence-corrected chi connectivity index (χ4v) is 3.20. The number of rotatable bonds is 5. The first kappa shape index (κ1) is 15.9. The third-order valence-corrected chi connectivity index (χ3v) is 4.79. The van der Waals surface area contributed by atoms with E-state index in [1.54, 1.807) is 12.1 Å². The summed E-state index contributed by atoms with van der Waals surface area (Å²) in [6.07, 6.45) is 2.15. The third kappa shape index (κ3) is 2.91. The lowest BCUT2D eigenvalue weighted by Gasteiger charge is -2.11. The number of fused-ring (bicyclic) bond motifs is 1. The van der Waals surface area contributed by atoms with E-state index in [-0.39, 0.29) is 0 Å². The van der Waals surface area contributed by atoms with Gasteiger partial charge in [0.25, 0.3) is 0 Å². The molecule has 2 N–H and O–H groups in total. The van der Waals surface area contributed by atoms with Gasteiger partial charge in [-0.1, -0.05) is 36.4 Å². The maximum Gasteiger partial charge on any atom is 0.184 e. The first-order chi connectivity index (χ1) is 13.3. The molecule has 6 nitrogen and oxygen atoms in total. The highest BCUT2D eigenvalue weighted by molar-refractivity contribution is 5.91. The zero-order valence-electron chi connectivity index (χ0n) is 14.5. The molecule has 0 radical (unpaired) electrons. The zero-order chi connectivity index (χ0) is 18.2. The Morgan fingerprint density at radius 1 is 1.00 bits per heavy atom. The van der Waals surface area contributed by atoms with Gasteiger partial charge < -0.3 is 5.32 Å². The molecule has 1 aliphatic rings. The van der Waals surface area contributed by atoms with Crippen LogP contribution in [0, 0.1) is 0 Å². The summed E-state index contributed by atoms with van der Waals surface area (Å²) in [6, 6.07) is 15.1. The highest BCUT2D eigenvalue weighted by Crippen LogP contribution is 2.42. The molecule has 2 aromatic carbocycles. The number of halogens is 1. The van der Waals surface area contributed by atoms with Crippen molar-refractivity contribution in [2.45, 2.75) is 25.4 Å². The molecule has 0 aliphatic heterocycles. The molecule has 27 heavy (non-hydrogen) atoms. The summed E-state index contributed by atoms with van der Waals surface area (Å²) in [7, 11) is 0. The van der Waals surface area contributed by atoms with Crippen LogP contribution in [0.5, 0.6) is 0 Å². The molecular formula is C20H17FN6. The molecule has 5 rings (SSSR count). The third-order valence-electron chi connectivity index (χ3n) is 4.79. The lowest BCUT2D eigenvalue weighted by atomic mass is 10.1. The van der Waals surface area contributed by atoms with E-state index in [0.717, 1.165) is 29.4 Å². The Labute approximate surface area is 154 Å². The number of nitrogens with zero attached hydrogens (tertiary/aromatic N) is 4. The van der Waals surface area contributed by atoms with Crippen LogP contribution in [0.25, 0.3) is 22.3 Å². The molecule has 0 atom stereocenters. The number of benzene rings is 2. The van der Waals surface area contributed by atoms with E-state index in [4.69, 9.17) is 0 Å². The van der Waals surface area contributed by atoms with Gasteiger partial charge in [0, 0.05) is 16.9 Å². The quantitative estimate of drug-likeness (QED) is 0.547. The van der Waals surface area contributed by atoms with E-state index in [9.17, 15) is 4.39 Å². The second-order valence-electron chi connectivity index (χ2n) is 6.68. The Kier molecular flexibility index (Phi) is 3.78. The van der Waals surface area contributed by atoms with Gasteiger partial charge in [-0.05, 0) is 30.5 Å². The number of alkyl halides is 1. The summed E-state index contributed by atoms with van der Waals surface area (Å²) in [6.45, 7) is -0.573. The van der Waals surface area contributed by atoms with Gasteiger partial charge in [-0.25, -0.2) is 9.37 Å². The molecule has 0 unspecified atom stereocenters. The van der Waals surface area contributed by atoms with Gasteiger partial charge >= 0.3 is 0 Å². The number of anilines is 2. The number of aromatic amines is 1. The smallest absolute Gasteiger partial charge is 0.184 e. The van der Waals surface area contributed by atoms with Gasteiger partial charge in [0.2, 0.25) is 0 Å². The second kappa shape index (κ2) is 6.42. The molecule has 0 saturated heterocycles. The van der Waals surface area contributed by atoms with Crippen LogP contribution in [0.15, 0.2) is 48.5 Å². The predicted octanol–water partition coefficient (Wildman–Crippen LogP) is 4.51. The van der Waals surface area contributed by atoms with Crippen molar-refractivity contribution in [1.29, 1.82) is 0 Å². The Hall–Kier alpha value is -3.35. The van der Waals surface area contributed by atoms with Gasteiger partial charge in [0.15, 0.2) is 17.5 Å². The number of aromatic nitrogens is 5. The van der Waals surface area contributed by atoms with Crippen LogP contribution in [0.3, 0.4) is 0 Å². The van der Waals surface area contributed by atoms with Crippen molar-refractivity contribution in [2.24, 2.45) is 0 Å². The molecule has 7 heteroatoms. The molecular weight excluding hydrogens is 343 g/mol. The van der Waals surface area contributed by atoms with Gasteiger partial charge in [-0.15, -0.1) is 10.2 Å². The molecule has 2 aromatic heterocycles. The Morgan fingerprint density at radius 2 is 1.81 bits per heavy atom. The van der Waals surface area contributed by atoms with Crippen LogP contribution in [0.4, 0.5) is 16.0 Å². The number of nitrogens with one attached hydrogen (secondary N) is 2. The van der Waals surface area contributed by atoms with Crippen LogP contribution >= 0.6 is 0 Å². The average Bonchev–Trinajstić information content (AvgIpc) is 3.49. The van der Waals surface area contributed by atoms with Gasteiger partial charge in [0.1, 0.15) is 12.4 Å². The summed E-state index contributed by atoms with van der Waals surface area (Å²) in [5, 5.41) is 20.4. The molecule has 4 aromatic rings. The van der Waals surface area contributed by atoms with Crippen LogP contribution in [0.2, 0.25) is 0 Å². The summed E-state index contributed by atoms with van der Waals surface area (Å²) in [5.41, 5.74) is 2.99. The van der Waals surface area contributed by atoms with Crippen LogP contribution in [-0.4, -0.2) is 25.4 Å². The standard InChI is InChI=1S/C20H17FN6/c21-11-13-5-1-2-6-14(13)18-22-20(17(25-27-18)12-9-10-12)23-19-15-7-3-4-8-16(15)24-26-19/h1-8,12H,9-11H2,(H2,22,23,24,26,27). The van der Waals surface area contributed by atoms with Gasteiger partial charge in [0.05, 0.1) is 5.52 Å². The first-order valence-corrected chi connectivity index (χ1v) is 8.92. The maximum absolute atomic E-state index is 13.4. The van der Waals surface area contributed by atoms with E-state index in [0.29, 0.717) is 34.5 Å². The van der Waals surface area contributed by atoms with Crippen LogP contribution in [-0.2, 0) is 6.67 Å². The van der Waals surface area contributed by atoms with Crippen molar-refractivity contribution in [3.8, 4) is 11.4 Å². The fourth-order valence-electron chi connectivity index (χ4n) is 3.20. The summed E-state index contributed by atoms with van der Waals surface area (Å²) in [4.78, 5) is 4.69. The van der Waals surface area contributed by atoms with Crippen molar-refractivity contribution in [2.75, 3.05) is 5.32 Å². The first-order valence-electron chi connectivity index (χ1n) is 8.92. The van der Waals surface area contributed by atoms with Gasteiger partial charge in [-0.2, -0.15) is 5.10 Å². The molecule has 0 spiro atoms. The lowest BCUT2D eigenvalue weighted by Crippen LogP contribution is -2.06. The Balaban J connectivity index is 1.59. The number of hydrogen-bond acceptors (Lipinski definition) is 5. The summed E-state index contributed by atoms with van der Waals surface area (Å²) in [5.74, 6) is 2.10. The minimum atomic E-state index is -0.573. The minimum absolute atomic E-state index is 0.364. The van der Waals surface area contributed by atoms with E-state index in [1.165, 1.54) is 0 Å². The largest absolute Gasteiger partial charge is 0.321 e. The van der Waals surface area contributed by atoms with Crippen molar-refractivity contribution in [3.05, 3.63) is 59.8 Å². The Morgan fingerprint density at radius 3 is 2.67 bits per heavy atom. The van der Waals surface area contributed by atoms with Crippen molar-refractivity contribution >= 4 is 22.5 Å². The van der Waals surface area contributed by atoms with E-state index in [1.807, 2.05) is 36.4 Å². The average molecular weight is 360 g/mol. The number of H-pyrrole nitrogens is 1. The second-order valence-corrected chi connectivity index (χ2v) is 6.68. The topological polar surface area (TPSA) is 79.4 Å². The Bertz CT molecular complexity index is 1120. The fraction of sp³-hybridized carbons (Fsp3) is 0.200. The highest BCUT2D eigenvalue weighted by Gasteiger charge is 2.30. The van der Waals surface area contributed by atoms with Gasteiger partial charge in [-0.3, -0.25) is 5.10 Å². The van der Waals surface area contributed by atoms with Crippen LogP contribution in [0.1, 0.15) is 30.0 Å². The van der Waals surface area contributed by atoms with Crippen molar-refractivity contribution < 1.29 is 4.39 Å². The zero-order valence-corrected chi connectivity index (χ0v) is 14.5. The molecule has 0 amide bonds. The molecule has 1 aliphatic carbocycles. The maximum atomic E-state index is 13.4. The lowest BCUT2D eigenvalue weighted by molar-refractivity contribution is 0.486. The SMILES string of the molecule is FCc1ccccc1-c1nnc(C2CC2)c(Nc2n[nH]c3ccccc23)n1. The molecule has 2 heterocycles. The predicted molar refractivity (Wildman–Crippen MR) is 101 cm³/mol. The normalized spacial score (nSPS) is 13.8. The van der Waals surface area contributed by atoms with Crippen molar-refractivity contribution in [1.82, 2.24) is 25.4 Å². The summed E-state index contributed by atoms with van der Waals surface area (Å²) >= 11 is 0. The van der Waals surface area contributed by atoms with Crippen molar-refractivity contribution in [3.63, 3.8) is 0 Å². The monoisotopic (exact) mass is 360 g/mol. The number of hydrogen-bond donors (Lipinski definition) is 2. The van der Waals surface area contributed by atoms with Crippen LogP contribution < -0.4 is 5.32 Å².